The highest BCUT2D eigenvalue weighted by Crippen LogP contribution is 2.30. The van der Waals surface area contributed by atoms with Crippen LogP contribution >= 0.6 is 22.9 Å². The van der Waals surface area contributed by atoms with Gasteiger partial charge in [0.15, 0.2) is 5.13 Å². The average Bonchev–Trinajstić information content (AvgIpc) is 3.28. The van der Waals surface area contributed by atoms with Gasteiger partial charge in [-0.2, -0.15) is 0 Å². The quantitative estimate of drug-likeness (QED) is 0.376. The molecule has 1 aliphatic heterocycles. The van der Waals surface area contributed by atoms with E-state index in [0.717, 1.165) is 15.5 Å². The van der Waals surface area contributed by atoms with Gasteiger partial charge in [-0.05, 0) is 56.3 Å². The molecule has 11 heteroatoms. The molecule has 3 aromatic rings. The Morgan fingerprint density at radius 1 is 1.03 bits per heavy atom. The average molecular weight is 511 g/mol. The van der Waals surface area contributed by atoms with Gasteiger partial charge in [-0.15, -0.1) is 11.3 Å². The van der Waals surface area contributed by atoms with Gasteiger partial charge < -0.3 is 10.1 Å². The number of imide groups is 1. The zero-order valence-corrected chi connectivity index (χ0v) is 20.4. The van der Waals surface area contributed by atoms with Crippen molar-refractivity contribution in [3.63, 3.8) is 0 Å². The van der Waals surface area contributed by atoms with Gasteiger partial charge >= 0.3 is 5.97 Å². The molecule has 4 rings (SSSR count). The number of hydrogen-bond donors (Lipinski definition) is 2. The van der Waals surface area contributed by atoms with E-state index in [1.807, 2.05) is 13.8 Å². The molecule has 0 unspecified atom stereocenters. The van der Waals surface area contributed by atoms with Gasteiger partial charge in [0.25, 0.3) is 17.7 Å². The van der Waals surface area contributed by atoms with Gasteiger partial charge in [0.1, 0.15) is 10.7 Å². The monoisotopic (exact) mass is 510 g/mol. The van der Waals surface area contributed by atoms with E-state index in [0.29, 0.717) is 16.4 Å². The first-order valence-corrected chi connectivity index (χ1v) is 11.5. The lowest BCUT2D eigenvalue weighted by molar-refractivity contribution is -0.120. The van der Waals surface area contributed by atoms with Gasteiger partial charge in [-0.1, -0.05) is 17.7 Å². The second-order valence-electron chi connectivity index (χ2n) is 7.49. The molecular weight excluding hydrogens is 492 g/mol. The Hall–Kier alpha value is -4.02. The summed E-state index contributed by atoms with van der Waals surface area (Å²) >= 11 is 7.57. The van der Waals surface area contributed by atoms with Crippen LogP contribution in [0.4, 0.5) is 16.5 Å². The molecule has 0 atom stereocenters. The standard InChI is InChI=1S/C24H19ClN4O5S/c1-12-13(2)35-24(26-12)28-20(30)15-5-4-6-16(11-15)27-19-18(25)21(31)29(22(19)32)17-9-7-14(8-10-17)23(33)34-3/h4-11,27H,1-3H3,(H,26,28,30). The SMILES string of the molecule is COC(=O)c1ccc(N2C(=O)C(Cl)=C(Nc3cccc(C(=O)Nc4nc(C)c(C)s4)c3)C2=O)cc1. The molecule has 0 saturated heterocycles. The molecule has 0 saturated carbocycles. The minimum absolute atomic E-state index is 0.127. The van der Waals surface area contributed by atoms with Crippen molar-refractivity contribution < 1.29 is 23.9 Å². The topological polar surface area (TPSA) is 118 Å². The Kier molecular flexibility index (Phi) is 6.68. The summed E-state index contributed by atoms with van der Waals surface area (Å²) in [4.78, 5) is 56.2. The molecule has 35 heavy (non-hydrogen) atoms. The summed E-state index contributed by atoms with van der Waals surface area (Å²) in [6, 6.07) is 12.2. The smallest absolute Gasteiger partial charge is 0.337 e. The summed E-state index contributed by atoms with van der Waals surface area (Å²) in [6.07, 6.45) is 0. The Morgan fingerprint density at radius 2 is 1.74 bits per heavy atom. The number of hydrogen-bond acceptors (Lipinski definition) is 8. The second-order valence-corrected chi connectivity index (χ2v) is 9.07. The largest absolute Gasteiger partial charge is 0.465 e. The minimum Gasteiger partial charge on any atom is -0.465 e. The van der Waals surface area contributed by atoms with Crippen molar-refractivity contribution in [1.82, 2.24) is 4.98 Å². The maximum atomic E-state index is 13.0. The van der Waals surface area contributed by atoms with Crippen molar-refractivity contribution in [2.45, 2.75) is 13.8 Å². The highest BCUT2D eigenvalue weighted by atomic mass is 35.5. The molecule has 0 spiro atoms. The number of amides is 3. The molecular formula is C24H19ClN4O5S. The molecule has 3 amide bonds. The van der Waals surface area contributed by atoms with Crippen LogP contribution in [0.15, 0.2) is 59.3 Å². The van der Waals surface area contributed by atoms with Crippen LogP contribution in [-0.4, -0.2) is 35.8 Å². The summed E-state index contributed by atoms with van der Waals surface area (Å²) in [7, 11) is 1.25. The van der Waals surface area contributed by atoms with E-state index >= 15 is 0 Å². The Labute approximate surface area is 209 Å². The summed E-state index contributed by atoms with van der Waals surface area (Å²) in [5.74, 6) is -2.30. The number of carbonyl (C=O) groups is 4. The molecule has 178 valence electrons. The zero-order valence-electron chi connectivity index (χ0n) is 18.8. The van der Waals surface area contributed by atoms with Crippen molar-refractivity contribution in [2.24, 2.45) is 0 Å². The number of benzene rings is 2. The lowest BCUT2D eigenvalue weighted by atomic mass is 10.2. The molecule has 2 heterocycles. The molecule has 0 aliphatic carbocycles. The molecule has 9 nitrogen and oxygen atoms in total. The normalized spacial score (nSPS) is 13.3. The van der Waals surface area contributed by atoms with Gasteiger partial charge in [-0.3, -0.25) is 19.7 Å². The van der Waals surface area contributed by atoms with Crippen LogP contribution < -0.4 is 15.5 Å². The van der Waals surface area contributed by atoms with Gasteiger partial charge in [0.2, 0.25) is 0 Å². The van der Waals surface area contributed by atoms with Crippen LogP contribution in [0.2, 0.25) is 0 Å². The zero-order chi connectivity index (χ0) is 25.3. The number of thiazole rings is 1. The Balaban J connectivity index is 1.52. The number of nitrogens with zero attached hydrogens (tertiary/aromatic N) is 2. The molecule has 1 aliphatic rings. The molecule has 0 radical (unpaired) electrons. The van der Waals surface area contributed by atoms with E-state index in [9.17, 15) is 19.2 Å². The third kappa shape index (κ3) is 4.79. The fourth-order valence-electron chi connectivity index (χ4n) is 3.29. The number of rotatable bonds is 6. The second kappa shape index (κ2) is 9.69. The summed E-state index contributed by atoms with van der Waals surface area (Å²) in [5, 5.41) is 5.79. The van der Waals surface area contributed by atoms with Crippen LogP contribution in [-0.2, 0) is 14.3 Å². The fraction of sp³-hybridized carbons (Fsp3) is 0.125. The van der Waals surface area contributed by atoms with Crippen molar-refractivity contribution in [1.29, 1.82) is 0 Å². The van der Waals surface area contributed by atoms with Crippen LogP contribution in [0.1, 0.15) is 31.3 Å². The van der Waals surface area contributed by atoms with Crippen LogP contribution in [0.5, 0.6) is 0 Å². The van der Waals surface area contributed by atoms with Gasteiger partial charge in [-0.25, -0.2) is 14.7 Å². The maximum absolute atomic E-state index is 13.0. The Morgan fingerprint density at radius 3 is 2.37 bits per heavy atom. The van der Waals surface area contributed by atoms with Crippen LogP contribution in [0.3, 0.4) is 0 Å². The van der Waals surface area contributed by atoms with E-state index in [1.54, 1.807) is 18.2 Å². The first kappa shape index (κ1) is 24.1. The van der Waals surface area contributed by atoms with Crippen molar-refractivity contribution in [2.75, 3.05) is 22.6 Å². The number of anilines is 3. The van der Waals surface area contributed by atoms with Gasteiger partial charge in [0, 0.05) is 16.1 Å². The first-order valence-electron chi connectivity index (χ1n) is 10.3. The summed E-state index contributed by atoms with van der Waals surface area (Å²) in [5.41, 5.74) is 1.94. The number of carbonyl (C=O) groups excluding carboxylic acids is 4. The van der Waals surface area contributed by atoms with E-state index < -0.39 is 17.8 Å². The number of halogens is 1. The number of ether oxygens (including phenoxy) is 1. The summed E-state index contributed by atoms with van der Waals surface area (Å²) < 4.78 is 4.65. The highest BCUT2D eigenvalue weighted by molar-refractivity contribution is 7.15. The van der Waals surface area contributed by atoms with Gasteiger partial charge in [0.05, 0.1) is 24.1 Å². The molecule has 2 aromatic carbocycles. The number of esters is 1. The van der Waals surface area contributed by atoms with Crippen molar-refractivity contribution in [3.05, 3.63) is 81.0 Å². The third-order valence-corrected chi connectivity index (χ3v) is 6.56. The number of methoxy groups -OCH3 is 1. The predicted octanol–water partition coefficient (Wildman–Crippen LogP) is 4.23. The molecule has 1 aromatic heterocycles. The van der Waals surface area contributed by atoms with Crippen LogP contribution in [0, 0.1) is 13.8 Å². The van der Waals surface area contributed by atoms with E-state index in [1.165, 1.54) is 48.8 Å². The predicted molar refractivity (Wildman–Crippen MR) is 133 cm³/mol. The highest BCUT2D eigenvalue weighted by Gasteiger charge is 2.39. The Bertz CT molecular complexity index is 1380. The van der Waals surface area contributed by atoms with E-state index in [4.69, 9.17) is 11.6 Å². The maximum Gasteiger partial charge on any atom is 0.337 e. The molecule has 0 bridgehead atoms. The number of aromatic nitrogens is 1. The van der Waals surface area contributed by atoms with Crippen molar-refractivity contribution >= 4 is 63.1 Å². The number of nitrogens with one attached hydrogen (secondary N) is 2. The molecule has 0 fully saturated rings. The minimum atomic E-state index is -0.714. The van der Waals surface area contributed by atoms with E-state index in [2.05, 4.69) is 20.4 Å². The lowest BCUT2D eigenvalue weighted by Gasteiger charge is -2.15. The third-order valence-electron chi connectivity index (χ3n) is 5.22. The van der Waals surface area contributed by atoms with E-state index in [-0.39, 0.29) is 27.9 Å². The van der Waals surface area contributed by atoms with Crippen molar-refractivity contribution in [3.8, 4) is 0 Å². The fourth-order valence-corrected chi connectivity index (χ4v) is 4.31. The number of aryl methyl sites for hydroxylation is 2. The summed E-state index contributed by atoms with van der Waals surface area (Å²) in [6.45, 7) is 3.78. The first-order chi connectivity index (χ1) is 16.7. The molecule has 2 N–H and O–H groups in total. The van der Waals surface area contributed by atoms with Crippen LogP contribution in [0.25, 0.3) is 0 Å². The lowest BCUT2D eigenvalue weighted by Crippen LogP contribution is -2.32.